The minimum absolute atomic E-state index is 0. The van der Waals surface area contributed by atoms with Crippen molar-refractivity contribution in [1.82, 2.24) is 0 Å². The topological polar surface area (TPSA) is 77.4 Å². The second-order valence-corrected chi connectivity index (χ2v) is 9.36. The van der Waals surface area contributed by atoms with E-state index in [0.717, 1.165) is 38.5 Å². The predicted molar refractivity (Wildman–Crippen MR) is 105 cm³/mol. The maximum atomic E-state index is 10.8. The second-order valence-electron chi connectivity index (χ2n) is 7.57. The summed E-state index contributed by atoms with van der Waals surface area (Å²) in [7, 11) is -4.13. The third-order valence-electron chi connectivity index (χ3n) is 5.03. The molecule has 0 heterocycles. The zero-order valence-corrected chi connectivity index (χ0v) is 21.5. The largest absolute Gasteiger partial charge is 1.00 e. The van der Waals surface area contributed by atoms with E-state index < -0.39 is 15.4 Å². The molecule has 0 aliphatic heterocycles. The molecule has 4 nitrogen and oxygen atoms in total. The summed E-state index contributed by atoms with van der Waals surface area (Å²) in [5.74, 6) is 0. The Labute approximate surface area is 205 Å². The van der Waals surface area contributed by atoms with E-state index in [-0.39, 0.29) is 57.5 Å². The Bertz CT molecular complexity index is 387. The summed E-state index contributed by atoms with van der Waals surface area (Å²) in [6, 6.07) is 0. The van der Waals surface area contributed by atoms with Crippen LogP contribution in [0.4, 0.5) is 0 Å². The average Bonchev–Trinajstić information content (AvgIpc) is 2.55. The van der Waals surface area contributed by atoms with Gasteiger partial charge in [0.2, 0.25) is 0 Å². The fourth-order valence-corrected chi connectivity index (χ4v) is 3.60. The summed E-state index contributed by atoms with van der Waals surface area (Å²) in [4.78, 5) is 0. The molecule has 0 aromatic heterocycles. The molecule has 2 unspecified atom stereocenters. The van der Waals surface area contributed by atoms with Crippen LogP contribution in [0.25, 0.3) is 0 Å². The first kappa shape index (κ1) is 29.7. The fraction of sp³-hybridized carbons (Fsp3) is 1.00. The van der Waals surface area contributed by atoms with Crippen LogP contribution in [-0.4, -0.2) is 29.4 Å². The van der Waals surface area contributed by atoms with Gasteiger partial charge in [0.25, 0.3) is 0 Å². The normalized spacial score (nSPS) is 14.0. The molecule has 0 aromatic rings. The molecule has 0 fully saturated rings. The second kappa shape index (κ2) is 19.8. The van der Waals surface area contributed by atoms with Crippen molar-refractivity contribution in [3.8, 4) is 0 Å². The van der Waals surface area contributed by atoms with Gasteiger partial charge in [0, 0.05) is 5.25 Å². The molecule has 0 radical (unpaired) electrons. The number of aliphatic hydroxyl groups excluding tert-OH is 1. The van der Waals surface area contributed by atoms with E-state index >= 15 is 0 Å². The zero-order valence-electron chi connectivity index (χ0n) is 17.5. The van der Waals surface area contributed by atoms with Crippen LogP contribution in [0.1, 0.15) is 117 Å². The number of hydrogen-bond donors (Lipinski definition) is 1. The van der Waals surface area contributed by atoms with E-state index in [0.29, 0.717) is 6.42 Å². The van der Waals surface area contributed by atoms with Crippen LogP contribution >= 0.6 is 0 Å². The maximum Gasteiger partial charge on any atom is 1.00 e. The van der Waals surface area contributed by atoms with Gasteiger partial charge in [-0.1, -0.05) is 90.4 Å². The third-order valence-corrected chi connectivity index (χ3v) is 6.25. The molecule has 0 saturated heterocycles. The Kier molecular flexibility index (Phi) is 22.6. The first-order valence-electron chi connectivity index (χ1n) is 10.5. The molecule has 0 spiro atoms. The zero-order chi connectivity index (χ0) is 19.0. The van der Waals surface area contributed by atoms with Crippen molar-refractivity contribution in [2.75, 3.05) is 0 Å². The van der Waals surface area contributed by atoms with Gasteiger partial charge in [0.15, 0.2) is 0 Å². The minimum Gasteiger partial charge on any atom is -0.748 e. The number of unbranched alkanes of at least 4 members (excludes halogenated alkanes) is 11. The quantitative estimate of drug-likeness (QED) is 0.212. The van der Waals surface area contributed by atoms with Crippen molar-refractivity contribution in [1.29, 1.82) is 0 Å². The van der Waals surface area contributed by atoms with Crippen LogP contribution in [0.15, 0.2) is 0 Å². The smallest absolute Gasteiger partial charge is 0.748 e. The molecule has 0 aliphatic rings. The maximum absolute atomic E-state index is 10.8. The van der Waals surface area contributed by atoms with Crippen molar-refractivity contribution in [2.45, 2.75) is 128 Å². The Hall–Kier alpha value is 1.51. The van der Waals surface area contributed by atoms with Gasteiger partial charge in [-0.15, -0.1) is 0 Å². The Morgan fingerprint density at radius 2 is 1.08 bits per heavy atom. The molecule has 0 aliphatic carbocycles. The predicted octanol–water partition coefficient (Wildman–Crippen LogP) is 2.55. The van der Waals surface area contributed by atoms with Crippen molar-refractivity contribution >= 4 is 10.1 Å². The Morgan fingerprint density at radius 3 is 1.50 bits per heavy atom. The first-order valence-corrected chi connectivity index (χ1v) is 12.0. The molecule has 6 heteroatoms. The van der Waals surface area contributed by atoms with E-state index in [4.69, 9.17) is 0 Å². The van der Waals surface area contributed by atoms with E-state index in [2.05, 4.69) is 6.92 Å². The molecule has 0 amide bonds. The third kappa shape index (κ3) is 20.2. The van der Waals surface area contributed by atoms with Gasteiger partial charge in [0.05, 0.1) is 16.2 Å². The van der Waals surface area contributed by atoms with Crippen molar-refractivity contribution < 1.29 is 69.5 Å². The van der Waals surface area contributed by atoms with Gasteiger partial charge < -0.3 is 9.66 Å². The van der Waals surface area contributed by atoms with Crippen LogP contribution in [-0.2, 0) is 10.1 Å². The number of rotatable bonds is 18. The molecule has 0 rings (SSSR count). The fourth-order valence-electron chi connectivity index (χ4n) is 3.14. The SMILES string of the molecule is CCCCCCCCCCCCC(O)CCCCCC(C)S(=O)(=O)[O-].[K+]. The van der Waals surface area contributed by atoms with E-state index in [1.165, 1.54) is 64.7 Å². The van der Waals surface area contributed by atoms with Gasteiger partial charge in [-0.3, -0.25) is 0 Å². The molecule has 1 N–H and O–H groups in total. The monoisotopic (exact) mass is 416 g/mol. The van der Waals surface area contributed by atoms with Crippen LogP contribution in [0.2, 0.25) is 0 Å². The Morgan fingerprint density at radius 1 is 0.731 bits per heavy atom. The van der Waals surface area contributed by atoms with Crippen molar-refractivity contribution in [2.24, 2.45) is 0 Å². The molecule has 152 valence electrons. The van der Waals surface area contributed by atoms with Gasteiger partial charge >= 0.3 is 51.4 Å². The summed E-state index contributed by atoms with van der Waals surface area (Å²) < 4.78 is 32.3. The first-order chi connectivity index (χ1) is 11.9. The molecular formula is C20H41KO4S. The number of hydrogen-bond acceptors (Lipinski definition) is 4. The van der Waals surface area contributed by atoms with E-state index in [1.807, 2.05) is 0 Å². The van der Waals surface area contributed by atoms with Crippen LogP contribution in [0, 0.1) is 0 Å². The summed E-state index contributed by atoms with van der Waals surface area (Å²) in [6.45, 7) is 3.72. The molecule has 26 heavy (non-hydrogen) atoms. The van der Waals surface area contributed by atoms with Crippen molar-refractivity contribution in [3.05, 3.63) is 0 Å². The van der Waals surface area contributed by atoms with Gasteiger partial charge in [0.1, 0.15) is 0 Å². The average molecular weight is 417 g/mol. The Balaban J connectivity index is 0. The van der Waals surface area contributed by atoms with Gasteiger partial charge in [-0.2, -0.15) is 0 Å². The van der Waals surface area contributed by atoms with Gasteiger partial charge in [-0.25, -0.2) is 8.42 Å². The number of aliphatic hydroxyl groups is 1. The van der Waals surface area contributed by atoms with Crippen molar-refractivity contribution in [3.63, 3.8) is 0 Å². The molecule has 0 saturated carbocycles. The van der Waals surface area contributed by atoms with E-state index in [1.54, 1.807) is 0 Å². The summed E-state index contributed by atoms with van der Waals surface area (Å²) in [5.41, 5.74) is 0. The summed E-state index contributed by atoms with van der Waals surface area (Å²) in [6.07, 6.45) is 17.5. The van der Waals surface area contributed by atoms with Crippen LogP contribution < -0.4 is 51.4 Å². The van der Waals surface area contributed by atoms with Crippen LogP contribution in [0.5, 0.6) is 0 Å². The minimum atomic E-state index is -4.13. The molecule has 0 aromatic carbocycles. The molecule has 2 atom stereocenters. The van der Waals surface area contributed by atoms with Gasteiger partial charge in [-0.05, 0) is 26.2 Å². The standard InChI is InChI=1S/C20H42O4S.K/c1-3-4-5-6-7-8-9-10-11-14-17-20(21)18-15-12-13-16-19(2)25(22,23)24;/h19-21H,3-18H2,1-2H3,(H,22,23,24);/q;+1/p-1. The summed E-state index contributed by atoms with van der Waals surface area (Å²) in [5, 5.41) is 9.18. The van der Waals surface area contributed by atoms with Crippen LogP contribution in [0.3, 0.4) is 0 Å². The summed E-state index contributed by atoms with van der Waals surface area (Å²) >= 11 is 0. The molecule has 0 bridgehead atoms. The molecular weight excluding hydrogens is 375 g/mol. The van der Waals surface area contributed by atoms with E-state index in [9.17, 15) is 18.1 Å².